The molecule has 0 bridgehead atoms. The van der Waals surface area contributed by atoms with Crippen molar-refractivity contribution in [2.75, 3.05) is 33.4 Å². The Kier molecular flexibility index (Phi) is 8.88. The smallest absolute Gasteiger partial charge is 0.228 e. The van der Waals surface area contributed by atoms with Crippen LogP contribution >= 0.6 is 12.4 Å². The highest BCUT2D eigenvalue weighted by Crippen LogP contribution is 2.41. The van der Waals surface area contributed by atoms with Crippen molar-refractivity contribution in [3.63, 3.8) is 0 Å². The number of amides is 2. The normalized spacial score (nSPS) is 19.7. The van der Waals surface area contributed by atoms with Crippen LogP contribution in [-0.4, -0.2) is 60.1 Å². The van der Waals surface area contributed by atoms with Gasteiger partial charge in [0.25, 0.3) is 0 Å². The van der Waals surface area contributed by atoms with Crippen LogP contribution in [0.3, 0.4) is 0 Å². The Morgan fingerprint density at radius 3 is 2.62 bits per heavy atom. The fourth-order valence-corrected chi connectivity index (χ4v) is 3.66. The molecule has 1 saturated heterocycles. The Bertz CT molecular complexity index is 611. The molecule has 7 heteroatoms. The topological polar surface area (TPSA) is 70.1 Å². The molecule has 0 unspecified atom stereocenters. The standard InChI is InChI=1S/C19H28N2O4.ClH/c1-4-20(12-13-22)19(24)15-10-11-17(23)21(5-2)18(15)14-8-6-7-9-16(14)25-3;/h6-9,15,18,22H,4-5,10-13H2,1-3H3;1H/t15-,18+;/m1./s1. The summed E-state index contributed by atoms with van der Waals surface area (Å²) in [6.45, 7) is 5.15. The lowest BCUT2D eigenvalue weighted by atomic mass is 9.82. The Morgan fingerprint density at radius 1 is 1.35 bits per heavy atom. The first kappa shape index (κ1) is 22.3. The summed E-state index contributed by atoms with van der Waals surface area (Å²) >= 11 is 0. The zero-order valence-corrected chi connectivity index (χ0v) is 16.5. The number of nitrogens with zero attached hydrogens (tertiary/aromatic N) is 2. The third-order valence-corrected chi connectivity index (χ3v) is 4.89. The summed E-state index contributed by atoms with van der Waals surface area (Å²) in [4.78, 5) is 29.0. The quantitative estimate of drug-likeness (QED) is 0.782. The number of benzene rings is 1. The van der Waals surface area contributed by atoms with E-state index in [-0.39, 0.29) is 42.8 Å². The van der Waals surface area contributed by atoms with Gasteiger partial charge in [-0.05, 0) is 26.3 Å². The molecule has 1 heterocycles. The molecule has 26 heavy (non-hydrogen) atoms. The number of carbonyl (C=O) groups is 2. The van der Waals surface area contributed by atoms with Gasteiger partial charge in [-0.25, -0.2) is 0 Å². The van der Waals surface area contributed by atoms with E-state index in [1.54, 1.807) is 16.9 Å². The molecule has 1 aromatic carbocycles. The number of rotatable bonds is 7. The zero-order valence-electron chi connectivity index (χ0n) is 15.7. The second-order valence-electron chi connectivity index (χ2n) is 6.15. The number of aliphatic hydroxyl groups excluding tert-OH is 1. The third-order valence-electron chi connectivity index (χ3n) is 4.89. The minimum absolute atomic E-state index is 0. The molecule has 0 aliphatic carbocycles. The molecule has 1 aliphatic heterocycles. The van der Waals surface area contributed by atoms with Gasteiger partial charge in [-0.15, -0.1) is 12.4 Å². The van der Waals surface area contributed by atoms with Crippen molar-refractivity contribution in [3.8, 4) is 5.75 Å². The fourth-order valence-electron chi connectivity index (χ4n) is 3.66. The van der Waals surface area contributed by atoms with E-state index in [9.17, 15) is 14.7 Å². The third kappa shape index (κ3) is 4.48. The molecule has 146 valence electrons. The van der Waals surface area contributed by atoms with E-state index in [0.29, 0.717) is 38.2 Å². The molecule has 0 radical (unpaired) electrons. The van der Waals surface area contributed by atoms with Gasteiger partial charge in [0.15, 0.2) is 0 Å². The lowest BCUT2D eigenvalue weighted by molar-refractivity contribution is -0.148. The first-order chi connectivity index (χ1) is 12.1. The lowest BCUT2D eigenvalue weighted by Gasteiger charge is -2.42. The summed E-state index contributed by atoms with van der Waals surface area (Å²) in [5.41, 5.74) is 0.860. The van der Waals surface area contributed by atoms with Crippen LogP contribution in [0.4, 0.5) is 0 Å². The predicted octanol–water partition coefficient (Wildman–Crippen LogP) is 2.26. The maximum Gasteiger partial charge on any atom is 0.228 e. The summed E-state index contributed by atoms with van der Waals surface area (Å²) in [6.07, 6.45) is 0.880. The number of carbonyl (C=O) groups excluding carboxylic acids is 2. The molecule has 2 amide bonds. The largest absolute Gasteiger partial charge is 0.496 e. The lowest BCUT2D eigenvalue weighted by Crippen LogP contribution is -2.49. The van der Waals surface area contributed by atoms with E-state index in [1.165, 1.54) is 0 Å². The number of halogens is 1. The first-order valence-electron chi connectivity index (χ1n) is 8.90. The van der Waals surface area contributed by atoms with Crippen LogP contribution in [0.15, 0.2) is 24.3 Å². The van der Waals surface area contributed by atoms with Crippen molar-refractivity contribution in [3.05, 3.63) is 29.8 Å². The number of para-hydroxylation sites is 1. The van der Waals surface area contributed by atoms with E-state index < -0.39 is 0 Å². The van der Waals surface area contributed by atoms with Gasteiger partial charge in [0.1, 0.15) is 5.75 Å². The van der Waals surface area contributed by atoms with Gasteiger partial charge in [-0.3, -0.25) is 9.59 Å². The average Bonchev–Trinajstić information content (AvgIpc) is 2.65. The van der Waals surface area contributed by atoms with Crippen LogP contribution in [0.2, 0.25) is 0 Å². The summed E-state index contributed by atoms with van der Waals surface area (Å²) in [6, 6.07) is 7.22. The summed E-state index contributed by atoms with van der Waals surface area (Å²) in [7, 11) is 1.60. The highest BCUT2D eigenvalue weighted by Gasteiger charge is 2.42. The molecule has 2 rings (SSSR count). The van der Waals surface area contributed by atoms with Crippen LogP contribution < -0.4 is 4.74 Å². The molecule has 2 atom stereocenters. The van der Waals surface area contributed by atoms with Gasteiger partial charge >= 0.3 is 0 Å². The number of aliphatic hydroxyl groups is 1. The molecule has 1 aromatic rings. The SMILES string of the molecule is CCN(CCO)C(=O)[C@@H]1CCC(=O)N(CC)[C@H]1c1ccccc1OC.Cl. The molecule has 0 spiro atoms. The van der Waals surface area contributed by atoms with Crippen molar-refractivity contribution in [1.82, 2.24) is 9.80 Å². The highest BCUT2D eigenvalue weighted by molar-refractivity contribution is 5.85. The molecule has 1 fully saturated rings. The van der Waals surface area contributed by atoms with Crippen LogP contribution in [0.5, 0.6) is 5.75 Å². The van der Waals surface area contributed by atoms with Gasteiger partial charge in [0.05, 0.1) is 25.7 Å². The number of piperidine rings is 1. The van der Waals surface area contributed by atoms with Crippen LogP contribution in [-0.2, 0) is 9.59 Å². The Hall–Kier alpha value is -1.79. The van der Waals surface area contributed by atoms with E-state index in [0.717, 1.165) is 5.56 Å². The van der Waals surface area contributed by atoms with Gasteiger partial charge in [0, 0.05) is 31.6 Å². The molecule has 6 nitrogen and oxygen atoms in total. The van der Waals surface area contributed by atoms with Gasteiger partial charge in [0.2, 0.25) is 11.8 Å². The molecular weight excluding hydrogens is 356 g/mol. The number of ether oxygens (including phenoxy) is 1. The number of likely N-dealkylation sites (tertiary alicyclic amines) is 1. The minimum atomic E-state index is -0.345. The van der Waals surface area contributed by atoms with E-state index >= 15 is 0 Å². The Labute approximate surface area is 161 Å². The van der Waals surface area contributed by atoms with Crippen LogP contribution in [0, 0.1) is 5.92 Å². The van der Waals surface area contributed by atoms with Gasteiger partial charge < -0.3 is 19.6 Å². The van der Waals surface area contributed by atoms with E-state index in [2.05, 4.69) is 0 Å². The zero-order chi connectivity index (χ0) is 18.4. The number of methoxy groups -OCH3 is 1. The van der Waals surface area contributed by atoms with Crippen molar-refractivity contribution in [2.45, 2.75) is 32.7 Å². The number of hydrogen-bond acceptors (Lipinski definition) is 4. The Balaban J connectivity index is 0.00000338. The van der Waals surface area contributed by atoms with Crippen LogP contribution in [0.25, 0.3) is 0 Å². The Morgan fingerprint density at radius 2 is 2.04 bits per heavy atom. The first-order valence-corrected chi connectivity index (χ1v) is 8.90. The monoisotopic (exact) mass is 384 g/mol. The summed E-state index contributed by atoms with van der Waals surface area (Å²) in [5.74, 6) is 0.398. The molecule has 1 N–H and O–H groups in total. The summed E-state index contributed by atoms with van der Waals surface area (Å²) in [5, 5.41) is 9.24. The maximum atomic E-state index is 13.1. The highest BCUT2D eigenvalue weighted by atomic mass is 35.5. The maximum absolute atomic E-state index is 13.1. The van der Waals surface area contributed by atoms with Crippen molar-refractivity contribution < 1.29 is 19.4 Å². The van der Waals surface area contributed by atoms with Crippen LogP contribution in [0.1, 0.15) is 38.3 Å². The van der Waals surface area contributed by atoms with Crippen molar-refractivity contribution in [1.29, 1.82) is 0 Å². The van der Waals surface area contributed by atoms with Gasteiger partial charge in [-0.1, -0.05) is 18.2 Å². The number of hydrogen-bond donors (Lipinski definition) is 1. The second kappa shape index (κ2) is 10.4. The second-order valence-corrected chi connectivity index (χ2v) is 6.15. The average molecular weight is 385 g/mol. The molecular formula is C19H29ClN2O4. The van der Waals surface area contributed by atoms with Gasteiger partial charge in [-0.2, -0.15) is 0 Å². The molecule has 0 saturated carbocycles. The van der Waals surface area contributed by atoms with Crippen molar-refractivity contribution in [2.24, 2.45) is 5.92 Å². The molecule has 1 aliphatic rings. The van der Waals surface area contributed by atoms with Crippen molar-refractivity contribution >= 4 is 24.2 Å². The number of likely N-dealkylation sites (N-methyl/N-ethyl adjacent to an activating group) is 1. The minimum Gasteiger partial charge on any atom is -0.496 e. The predicted molar refractivity (Wildman–Crippen MR) is 102 cm³/mol. The fraction of sp³-hybridized carbons (Fsp3) is 0.579. The molecule has 0 aromatic heterocycles. The summed E-state index contributed by atoms with van der Waals surface area (Å²) < 4.78 is 5.49. The van der Waals surface area contributed by atoms with E-state index in [1.807, 2.05) is 38.1 Å². The van der Waals surface area contributed by atoms with E-state index in [4.69, 9.17) is 4.74 Å².